The maximum Gasteiger partial charge on any atom is 0.337 e. The Bertz CT molecular complexity index is 912. The zero-order valence-electron chi connectivity index (χ0n) is 15.7. The van der Waals surface area contributed by atoms with E-state index in [2.05, 4.69) is 26.1 Å². The van der Waals surface area contributed by atoms with Crippen molar-refractivity contribution in [2.24, 2.45) is 0 Å². The highest BCUT2D eigenvalue weighted by molar-refractivity contribution is 8.01. The molecule has 0 saturated heterocycles. The molecule has 0 fully saturated rings. The van der Waals surface area contributed by atoms with E-state index in [-0.39, 0.29) is 12.6 Å². The number of esters is 1. The van der Waals surface area contributed by atoms with Gasteiger partial charge in [0, 0.05) is 17.1 Å². The van der Waals surface area contributed by atoms with Crippen molar-refractivity contribution in [1.82, 2.24) is 20.8 Å². The lowest BCUT2D eigenvalue weighted by molar-refractivity contribution is -0.138. The Morgan fingerprint density at radius 1 is 1.39 bits per heavy atom. The van der Waals surface area contributed by atoms with Gasteiger partial charge < -0.3 is 20.7 Å². The average molecular weight is 420 g/mol. The number of thioether (sulfide) groups is 1. The number of aryl methyl sites for hydroxylation is 1. The zero-order valence-corrected chi connectivity index (χ0v) is 17.4. The third-order valence-electron chi connectivity index (χ3n) is 3.88. The van der Waals surface area contributed by atoms with Gasteiger partial charge in [0.1, 0.15) is 0 Å². The molecule has 1 aromatic carbocycles. The monoisotopic (exact) mass is 419 g/mol. The standard InChI is InChI=1S/C18H21N5O3S2/c1-4-26-15(24)14-11(3)19-16(25)21-13(14)9-27-18-23-22-17(28-18)20-12-7-5-6-10(2)8-12/h5-8,11H,4,9H2,1-3H3,(H,20,22)(H2,19,21,25)/t11-/m1/s1. The maximum absolute atomic E-state index is 12.3. The molecule has 0 saturated carbocycles. The molecule has 0 unspecified atom stereocenters. The van der Waals surface area contributed by atoms with Gasteiger partial charge >= 0.3 is 12.0 Å². The van der Waals surface area contributed by atoms with Gasteiger partial charge in [-0.3, -0.25) is 0 Å². The number of ether oxygens (including phenoxy) is 1. The van der Waals surface area contributed by atoms with Crippen LogP contribution < -0.4 is 16.0 Å². The highest BCUT2D eigenvalue weighted by atomic mass is 32.2. The molecule has 8 nitrogen and oxygen atoms in total. The molecular weight excluding hydrogens is 398 g/mol. The molecule has 1 aromatic heterocycles. The molecule has 1 aliphatic rings. The fourth-order valence-corrected chi connectivity index (χ4v) is 4.43. The minimum Gasteiger partial charge on any atom is -0.463 e. The number of benzene rings is 1. The molecule has 0 aliphatic carbocycles. The summed E-state index contributed by atoms with van der Waals surface area (Å²) in [5, 5.41) is 17.6. The third kappa shape index (κ3) is 5.02. The summed E-state index contributed by atoms with van der Waals surface area (Å²) in [6.07, 6.45) is 0. The highest BCUT2D eigenvalue weighted by Gasteiger charge is 2.29. The van der Waals surface area contributed by atoms with Gasteiger partial charge in [0.15, 0.2) is 4.34 Å². The number of hydrogen-bond acceptors (Lipinski definition) is 8. The van der Waals surface area contributed by atoms with Gasteiger partial charge in [0.05, 0.1) is 18.2 Å². The first-order chi connectivity index (χ1) is 13.5. The molecule has 0 bridgehead atoms. The molecule has 2 aromatic rings. The van der Waals surface area contributed by atoms with Gasteiger partial charge in [0.25, 0.3) is 0 Å². The Hall–Kier alpha value is -2.59. The summed E-state index contributed by atoms with van der Waals surface area (Å²) >= 11 is 2.81. The lowest BCUT2D eigenvalue weighted by atomic mass is 10.1. The van der Waals surface area contributed by atoms with E-state index < -0.39 is 12.0 Å². The predicted molar refractivity (Wildman–Crippen MR) is 110 cm³/mol. The summed E-state index contributed by atoms with van der Waals surface area (Å²) < 4.78 is 5.84. The van der Waals surface area contributed by atoms with Crippen LogP contribution >= 0.6 is 23.1 Å². The van der Waals surface area contributed by atoms with Gasteiger partial charge in [-0.2, -0.15) is 0 Å². The SMILES string of the molecule is CCOC(=O)C1=C(CSc2nnc(Nc3cccc(C)c3)s2)NC(=O)N[C@@H]1C. The smallest absolute Gasteiger partial charge is 0.337 e. The summed E-state index contributed by atoms with van der Waals surface area (Å²) in [6.45, 7) is 5.80. The van der Waals surface area contributed by atoms with E-state index in [0.717, 1.165) is 15.6 Å². The molecule has 1 atom stereocenters. The van der Waals surface area contributed by atoms with Crippen LogP contribution in [0.3, 0.4) is 0 Å². The molecule has 0 spiro atoms. The van der Waals surface area contributed by atoms with E-state index in [1.54, 1.807) is 13.8 Å². The third-order valence-corrected chi connectivity index (χ3v) is 5.88. The van der Waals surface area contributed by atoms with Crippen molar-refractivity contribution in [1.29, 1.82) is 0 Å². The van der Waals surface area contributed by atoms with Crippen LogP contribution in [-0.4, -0.2) is 40.6 Å². The molecule has 2 heterocycles. The molecule has 10 heteroatoms. The first-order valence-corrected chi connectivity index (χ1v) is 10.5. The normalized spacial score (nSPS) is 16.4. The van der Waals surface area contributed by atoms with Crippen molar-refractivity contribution in [3.8, 4) is 0 Å². The summed E-state index contributed by atoms with van der Waals surface area (Å²) in [5.41, 5.74) is 3.05. The fourth-order valence-electron chi connectivity index (χ4n) is 2.69. The molecule has 2 amide bonds. The van der Waals surface area contributed by atoms with Gasteiger partial charge in [-0.05, 0) is 38.5 Å². The van der Waals surface area contributed by atoms with Crippen LogP contribution in [0.1, 0.15) is 19.4 Å². The number of aromatic nitrogens is 2. The summed E-state index contributed by atoms with van der Waals surface area (Å²) in [4.78, 5) is 24.1. The molecule has 0 radical (unpaired) electrons. The number of nitrogens with one attached hydrogen (secondary N) is 3. The van der Waals surface area contributed by atoms with Crippen molar-refractivity contribution in [2.75, 3.05) is 17.7 Å². The molecule has 148 valence electrons. The number of hydrogen-bond donors (Lipinski definition) is 3. The Morgan fingerprint density at radius 2 is 2.21 bits per heavy atom. The number of amides is 2. The second-order valence-electron chi connectivity index (χ2n) is 6.09. The molecule has 3 N–H and O–H groups in total. The number of rotatable bonds is 7. The van der Waals surface area contributed by atoms with E-state index in [1.807, 2.05) is 31.2 Å². The van der Waals surface area contributed by atoms with E-state index in [4.69, 9.17) is 4.74 Å². The summed E-state index contributed by atoms with van der Waals surface area (Å²) in [6, 6.07) is 7.22. The maximum atomic E-state index is 12.3. The molecule has 1 aliphatic heterocycles. The van der Waals surface area contributed by atoms with Crippen LogP contribution in [0, 0.1) is 6.92 Å². The quantitative estimate of drug-likeness (QED) is 0.467. The van der Waals surface area contributed by atoms with Gasteiger partial charge in [-0.1, -0.05) is 35.2 Å². The second kappa shape index (κ2) is 9.07. The van der Waals surface area contributed by atoms with E-state index >= 15 is 0 Å². The molecule has 28 heavy (non-hydrogen) atoms. The number of nitrogens with zero attached hydrogens (tertiary/aromatic N) is 2. The summed E-state index contributed by atoms with van der Waals surface area (Å²) in [7, 11) is 0. The van der Waals surface area contributed by atoms with Crippen LogP contribution in [0.5, 0.6) is 0 Å². The minimum absolute atomic E-state index is 0.272. The Labute approximate surface area is 171 Å². The van der Waals surface area contributed by atoms with E-state index in [0.29, 0.717) is 22.2 Å². The van der Waals surface area contributed by atoms with Gasteiger partial charge in [-0.15, -0.1) is 10.2 Å². The summed E-state index contributed by atoms with van der Waals surface area (Å²) in [5.74, 6) is -0.0532. The number of anilines is 2. The molecule has 3 rings (SSSR count). The lowest BCUT2D eigenvalue weighted by Crippen LogP contribution is -2.49. The van der Waals surface area contributed by atoms with Gasteiger partial charge in [0.2, 0.25) is 5.13 Å². The Morgan fingerprint density at radius 3 is 2.96 bits per heavy atom. The first-order valence-electron chi connectivity index (χ1n) is 8.74. The van der Waals surface area contributed by atoms with Gasteiger partial charge in [-0.25, -0.2) is 9.59 Å². The Kier molecular flexibility index (Phi) is 6.53. The Balaban J connectivity index is 1.69. The average Bonchev–Trinajstić information content (AvgIpc) is 3.07. The van der Waals surface area contributed by atoms with Crippen molar-refractivity contribution >= 4 is 45.9 Å². The van der Waals surface area contributed by atoms with Crippen LogP contribution in [0.15, 0.2) is 39.9 Å². The second-order valence-corrected chi connectivity index (χ2v) is 8.29. The van der Waals surface area contributed by atoms with Crippen molar-refractivity contribution in [3.05, 3.63) is 41.1 Å². The van der Waals surface area contributed by atoms with Crippen LogP contribution in [0.2, 0.25) is 0 Å². The fraction of sp³-hybridized carbons (Fsp3) is 0.333. The number of carbonyl (C=O) groups is 2. The number of urea groups is 1. The van der Waals surface area contributed by atoms with Crippen molar-refractivity contribution < 1.29 is 14.3 Å². The largest absolute Gasteiger partial charge is 0.463 e. The zero-order chi connectivity index (χ0) is 20.1. The van der Waals surface area contributed by atoms with Crippen LogP contribution in [0.4, 0.5) is 15.6 Å². The van der Waals surface area contributed by atoms with Crippen LogP contribution in [-0.2, 0) is 9.53 Å². The lowest BCUT2D eigenvalue weighted by Gasteiger charge is -2.26. The predicted octanol–water partition coefficient (Wildman–Crippen LogP) is 3.20. The van der Waals surface area contributed by atoms with E-state index in [9.17, 15) is 9.59 Å². The first kappa shape index (κ1) is 20.2. The highest BCUT2D eigenvalue weighted by Crippen LogP contribution is 2.30. The topological polar surface area (TPSA) is 105 Å². The number of carbonyl (C=O) groups excluding carboxylic acids is 2. The van der Waals surface area contributed by atoms with E-state index in [1.165, 1.54) is 23.1 Å². The molecular formula is C18H21N5O3S2. The van der Waals surface area contributed by atoms with Crippen molar-refractivity contribution in [2.45, 2.75) is 31.2 Å². The van der Waals surface area contributed by atoms with Crippen LogP contribution in [0.25, 0.3) is 0 Å². The van der Waals surface area contributed by atoms with Crippen molar-refractivity contribution in [3.63, 3.8) is 0 Å². The minimum atomic E-state index is -0.433.